The fourth-order valence-corrected chi connectivity index (χ4v) is 2.39. The van der Waals surface area contributed by atoms with Crippen LogP contribution in [0.25, 0.3) is 5.95 Å². The van der Waals surface area contributed by atoms with Crippen LogP contribution in [0.15, 0.2) is 4.79 Å². The Morgan fingerprint density at radius 3 is 2.43 bits per heavy atom. The number of rotatable bonds is 4. The van der Waals surface area contributed by atoms with Gasteiger partial charge >= 0.3 is 5.97 Å². The molecule has 0 amide bonds. The normalized spacial score (nSPS) is 11.7. The van der Waals surface area contributed by atoms with E-state index in [1.54, 1.807) is 6.92 Å². The van der Waals surface area contributed by atoms with Crippen molar-refractivity contribution < 1.29 is 9.90 Å². The van der Waals surface area contributed by atoms with E-state index >= 15 is 0 Å². The molecule has 0 aliphatic rings. The van der Waals surface area contributed by atoms with Crippen LogP contribution >= 0.6 is 0 Å². The number of nitrogens with zero attached hydrogens (tertiary/aromatic N) is 4. The van der Waals surface area contributed by atoms with Gasteiger partial charge in [-0.05, 0) is 25.8 Å². The number of carboxylic acids is 1. The van der Waals surface area contributed by atoms with E-state index < -0.39 is 11.4 Å². The van der Waals surface area contributed by atoms with E-state index in [1.165, 1.54) is 4.68 Å². The van der Waals surface area contributed by atoms with Gasteiger partial charge in [0, 0.05) is 17.5 Å². The molecule has 2 heterocycles. The van der Waals surface area contributed by atoms with Crippen molar-refractivity contribution in [3.63, 3.8) is 0 Å². The van der Waals surface area contributed by atoms with Crippen molar-refractivity contribution in [2.75, 3.05) is 0 Å². The Kier molecular flexibility index (Phi) is 4.35. The molecule has 8 nitrogen and oxygen atoms in total. The first-order valence-corrected chi connectivity index (χ1v) is 7.36. The van der Waals surface area contributed by atoms with Crippen LogP contribution in [0.1, 0.15) is 49.8 Å². The van der Waals surface area contributed by atoms with E-state index in [4.69, 9.17) is 5.11 Å². The third-order valence-electron chi connectivity index (χ3n) is 3.63. The Hall–Kier alpha value is -2.51. The number of H-pyrrole nitrogens is 1. The van der Waals surface area contributed by atoms with Crippen molar-refractivity contribution in [2.24, 2.45) is 0 Å². The zero-order valence-electron chi connectivity index (χ0n) is 14.0. The number of aryl methyl sites for hydroxylation is 1. The highest BCUT2D eigenvalue weighted by Crippen LogP contribution is 2.18. The zero-order chi connectivity index (χ0) is 17.4. The van der Waals surface area contributed by atoms with Crippen LogP contribution in [0.4, 0.5) is 0 Å². The first kappa shape index (κ1) is 16.9. The van der Waals surface area contributed by atoms with Gasteiger partial charge in [0.05, 0.1) is 5.69 Å². The second-order valence-electron chi connectivity index (χ2n) is 6.53. The second-order valence-corrected chi connectivity index (χ2v) is 6.53. The van der Waals surface area contributed by atoms with Gasteiger partial charge in [0.15, 0.2) is 0 Å². The fraction of sp³-hybridized carbons (Fsp3) is 0.533. The standard InChI is InChI=1S/C15H21N5O3/c1-8-10(6-7-11(21)22)9(2)20(19-8)14-16-13(23)12(17-18-14)15(3,4)5/h6-7H2,1-5H3,(H,21,22)(H,16,18,23). The van der Waals surface area contributed by atoms with Crippen molar-refractivity contribution in [2.45, 2.75) is 52.9 Å². The highest BCUT2D eigenvalue weighted by molar-refractivity contribution is 5.67. The van der Waals surface area contributed by atoms with Gasteiger partial charge in [-0.15, -0.1) is 10.2 Å². The summed E-state index contributed by atoms with van der Waals surface area (Å²) in [5.41, 5.74) is 1.95. The second kappa shape index (κ2) is 5.94. The van der Waals surface area contributed by atoms with E-state index in [0.717, 1.165) is 11.3 Å². The van der Waals surface area contributed by atoms with Crippen LogP contribution < -0.4 is 5.56 Å². The Morgan fingerprint density at radius 2 is 1.91 bits per heavy atom. The average Bonchev–Trinajstić information content (AvgIpc) is 2.70. The number of carbonyl (C=O) groups is 1. The Balaban J connectivity index is 2.44. The number of aromatic nitrogens is 5. The Labute approximate surface area is 133 Å². The summed E-state index contributed by atoms with van der Waals surface area (Å²) >= 11 is 0. The maximum absolute atomic E-state index is 12.2. The molecule has 0 bridgehead atoms. The molecule has 0 fully saturated rings. The van der Waals surface area contributed by atoms with E-state index in [0.29, 0.717) is 17.8 Å². The van der Waals surface area contributed by atoms with Crippen molar-refractivity contribution in [1.82, 2.24) is 25.0 Å². The molecule has 8 heteroatoms. The zero-order valence-corrected chi connectivity index (χ0v) is 14.0. The molecule has 0 unspecified atom stereocenters. The van der Waals surface area contributed by atoms with Crippen LogP contribution in [0, 0.1) is 13.8 Å². The van der Waals surface area contributed by atoms with Crippen molar-refractivity contribution in [3.8, 4) is 5.95 Å². The molecule has 0 atom stereocenters. The molecule has 2 rings (SSSR count). The molecule has 0 aromatic carbocycles. The molecule has 0 saturated heterocycles. The molecular formula is C15H21N5O3. The lowest BCUT2D eigenvalue weighted by Gasteiger charge is -2.15. The lowest BCUT2D eigenvalue weighted by molar-refractivity contribution is -0.136. The summed E-state index contributed by atoms with van der Waals surface area (Å²) in [7, 11) is 0. The number of hydrogen-bond donors (Lipinski definition) is 2. The molecule has 0 aliphatic carbocycles. The van der Waals surface area contributed by atoms with Crippen LogP contribution in [0.5, 0.6) is 0 Å². The number of hydrogen-bond acceptors (Lipinski definition) is 5. The largest absolute Gasteiger partial charge is 0.481 e. The summed E-state index contributed by atoms with van der Waals surface area (Å²) < 4.78 is 1.49. The smallest absolute Gasteiger partial charge is 0.303 e. The van der Waals surface area contributed by atoms with Crippen LogP contribution in [0.2, 0.25) is 0 Å². The lowest BCUT2D eigenvalue weighted by atomic mass is 9.93. The van der Waals surface area contributed by atoms with Crippen molar-refractivity contribution >= 4 is 5.97 Å². The Morgan fingerprint density at radius 1 is 1.26 bits per heavy atom. The van der Waals surface area contributed by atoms with Gasteiger partial charge in [-0.3, -0.25) is 14.6 Å². The molecule has 0 radical (unpaired) electrons. The average molecular weight is 319 g/mol. The summed E-state index contributed by atoms with van der Waals surface area (Å²) in [6.45, 7) is 9.28. The van der Waals surface area contributed by atoms with Crippen molar-refractivity contribution in [3.05, 3.63) is 33.0 Å². The van der Waals surface area contributed by atoms with E-state index in [9.17, 15) is 9.59 Å². The van der Waals surface area contributed by atoms with Gasteiger partial charge in [0.1, 0.15) is 5.69 Å². The van der Waals surface area contributed by atoms with Gasteiger partial charge in [-0.2, -0.15) is 5.10 Å². The molecule has 2 aromatic rings. The number of aliphatic carboxylic acids is 1. The minimum absolute atomic E-state index is 0.0263. The minimum Gasteiger partial charge on any atom is -0.481 e. The third-order valence-corrected chi connectivity index (χ3v) is 3.63. The quantitative estimate of drug-likeness (QED) is 0.877. The van der Waals surface area contributed by atoms with Gasteiger partial charge in [-0.25, -0.2) is 4.68 Å². The number of aromatic amines is 1. The summed E-state index contributed by atoms with van der Waals surface area (Å²) in [6, 6.07) is 0. The lowest BCUT2D eigenvalue weighted by Crippen LogP contribution is -2.29. The molecule has 0 spiro atoms. The molecule has 23 heavy (non-hydrogen) atoms. The van der Waals surface area contributed by atoms with Gasteiger partial charge in [-0.1, -0.05) is 20.8 Å². The van der Waals surface area contributed by atoms with Crippen LogP contribution in [0.3, 0.4) is 0 Å². The molecule has 0 saturated carbocycles. The third kappa shape index (κ3) is 3.46. The monoisotopic (exact) mass is 319 g/mol. The molecule has 2 N–H and O–H groups in total. The minimum atomic E-state index is -0.862. The maximum atomic E-state index is 12.2. The molecule has 124 valence electrons. The predicted octanol–water partition coefficient (Wildman–Crippen LogP) is 1.28. The summed E-state index contributed by atoms with van der Waals surface area (Å²) in [6.07, 6.45) is 0.406. The summed E-state index contributed by atoms with van der Waals surface area (Å²) in [4.78, 5) is 25.7. The number of nitrogens with one attached hydrogen (secondary N) is 1. The van der Waals surface area contributed by atoms with Gasteiger partial charge in [0.2, 0.25) is 0 Å². The number of carboxylic acid groups (broad SMARTS) is 1. The van der Waals surface area contributed by atoms with Gasteiger partial charge < -0.3 is 5.11 Å². The topological polar surface area (TPSA) is 114 Å². The van der Waals surface area contributed by atoms with Crippen LogP contribution in [-0.2, 0) is 16.6 Å². The fourth-order valence-electron chi connectivity index (χ4n) is 2.39. The highest BCUT2D eigenvalue weighted by Gasteiger charge is 2.22. The van der Waals surface area contributed by atoms with E-state index in [2.05, 4.69) is 20.3 Å². The van der Waals surface area contributed by atoms with Gasteiger partial charge in [0.25, 0.3) is 11.5 Å². The molecule has 0 aliphatic heterocycles. The van der Waals surface area contributed by atoms with Crippen molar-refractivity contribution in [1.29, 1.82) is 0 Å². The van der Waals surface area contributed by atoms with Crippen LogP contribution in [-0.4, -0.2) is 36.0 Å². The first-order chi connectivity index (χ1) is 10.6. The molecular weight excluding hydrogens is 298 g/mol. The van der Waals surface area contributed by atoms with E-state index in [1.807, 2.05) is 27.7 Å². The maximum Gasteiger partial charge on any atom is 0.303 e. The SMILES string of the molecule is Cc1nn(-c2nnc(C(C)(C)C)c(=O)[nH]2)c(C)c1CCC(=O)O. The summed E-state index contributed by atoms with van der Waals surface area (Å²) in [5.74, 6) is -0.635. The highest BCUT2D eigenvalue weighted by atomic mass is 16.4. The molecule has 2 aromatic heterocycles. The predicted molar refractivity (Wildman–Crippen MR) is 83.9 cm³/mol. The Bertz CT molecular complexity index is 798. The van der Waals surface area contributed by atoms with E-state index in [-0.39, 0.29) is 17.9 Å². The first-order valence-electron chi connectivity index (χ1n) is 7.36. The summed E-state index contributed by atoms with van der Waals surface area (Å²) in [5, 5.41) is 21.3.